The average molecular weight is 482 g/mol. The molecule has 0 saturated heterocycles. The van der Waals surface area contributed by atoms with Gasteiger partial charge in [-0.3, -0.25) is 9.59 Å². The highest BCUT2D eigenvalue weighted by Crippen LogP contribution is 2.40. The summed E-state index contributed by atoms with van der Waals surface area (Å²) in [7, 11) is 1.24. The van der Waals surface area contributed by atoms with Crippen LogP contribution in [0.2, 0.25) is 0 Å². The predicted octanol–water partition coefficient (Wildman–Crippen LogP) is 5.03. The summed E-state index contributed by atoms with van der Waals surface area (Å²) in [4.78, 5) is 23.8. The Morgan fingerprint density at radius 3 is 2.49 bits per heavy atom. The van der Waals surface area contributed by atoms with E-state index in [2.05, 4.69) is 10.1 Å². The van der Waals surface area contributed by atoms with E-state index in [1.54, 1.807) is 36.4 Å². The van der Waals surface area contributed by atoms with Crippen molar-refractivity contribution in [3.05, 3.63) is 89.0 Å². The smallest absolute Gasteiger partial charge is 0.420 e. The average Bonchev–Trinajstić information content (AvgIpc) is 3.14. The Balaban J connectivity index is 1.59. The number of alkyl halides is 3. The van der Waals surface area contributed by atoms with Crippen LogP contribution in [0.4, 0.5) is 18.9 Å². The molecule has 0 aliphatic carbocycles. The predicted molar refractivity (Wildman–Crippen MR) is 125 cm³/mol. The van der Waals surface area contributed by atoms with Crippen LogP contribution in [0.3, 0.4) is 0 Å². The molecule has 35 heavy (non-hydrogen) atoms. The lowest BCUT2D eigenvalue weighted by Crippen LogP contribution is -2.33. The maximum absolute atomic E-state index is 13.8. The SMILES string of the molecule is COC(=O)C(N)Cc1ccc(Oc2ccc(/C=C3/C(=O)Nc4ccccc43)cc2C(F)(F)F)cc1. The lowest BCUT2D eigenvalue weighted by molar-refractivity contribution is -0.142. The first-order valence-electron chi connectivity index (χ1n) is 10.6. The van der Waals surface area contributed by atoms with E-state index in [9.17, 15) is 22.8 Å². The van der Waals surface area contributed by atoms with Crippen molar-refractivity contribution >= 4 is 29.2 Å². The van der Waals surface area contributed by atoms with Crippen molar-refractivity contribution in [2.24, 2.45) is 5.73 Å². The zero-order valence-corrected chi connectivity index (χ0v) is 18.6. The first-order valence-corrected chi connectivity index (χ1v) is 10.6. The number of hydrogen-bond donors (Lipinski definition) is 2. The third-order valence-corrected chi connectivity index (χ3v) is 5.44. The Labute approximate surface area is 199 Å². The molecule has 0 fully saturated rings. The number of carbonyl (C=O) groups is 2. The molecule has 0 radical (unpaired) electrons. The summed E-state index contributed by atoms with van der Waals surface area (Å²) in [6, 6.07) is 15.9. The minimum atomic E-state index is -4.69. The number of hydrogen-bond acceptors (Lipinski definition) is 5. The van der Waals surface area contributed by atoms with Gasteiger partial charge in [0.25, 0.3) is 5.91 Å². The van der Waals surface area contributed by atoms with Gasteiger partial charge in [0.1, 0.15) is 17.5 Å². The van der Waals surface area contributed by atoms with Crippen LogP contribution < -0.4 is 15.8 Å². The summed E-state index contributed by atoms with van der Waals surface area (Å²) < 4.78 is 51.6. The monoisotopic (exact) mass is 482 g/mol. The molecule has 9 heteroatoms. The number of esters is 1. The summed E-state index contributed by atoms with van der Waals surface area (Å²) in [6.07, 6.45) is -3.06. The van der Waals surface area contributed by atoms with Crippen molar-refractivity contribution in [2.75, 3.05) is 12.4 Å². The number of ether oxygens (including phenoxy) is 2. The Hall–Kier alpha value is -4.11. The summed E-state index contributed by atoms with van der Waals surface area (Å²) >= 11 is 0. The first kappa shape index (κ1) is 24.0. The van der Waals surface area contributed by atoms with Crippen molar-refractivity contribution in [1.29, 1.82) is 0 Å². The van der Waals surface area contributed by atoms with E-state index in [1.165, 1.54) is 37.5 Å². The highest BCUT2D eigenvalue weighted by Gasteiger charge is 2.35. The topological polar surface area (TPSA) is 90.7 Å². The maximum atomic E-state index is 13.8. The van der Waals surface area contributed by atoms with Gasteiger partial charge in [-0.25, -0.2) is 0 Å². The molecule has 180 valence electrons. The molecular weight excluding hydrogens is 461 g/mol. The number of para-hydroxylation sites is 1. The van der Waals surface area contributed by atoms with Crippen LogP contribution >= 0.6 is 0 Å². The number of methoxy groups -OCH3 is 1. The number of carbonyl (C=O) groups excluding carboxylic acids is 2. The third kappa shape index (κ3) is 5.36. The maximum Gasteiger partial charge on any atom is 0.420 e. The quantitative estimate of drug-likeness (QED) is 0.380. The fourth-order valence-electron chi connectivity index (χ4n) is 3.71. The Morgan fingerprint density at radius 2 is 1.80 bits per heavy atom. The molecular formula is C26H21F3N2O4. The Morgan fingerprint density at radius 1 is 1.09 bits per heavy atom. The highest BCUT2D eigenvalue weighted by molar-refractivity contribution is 6.34. The van der Waals surface area contributed by atoms with Crippen LogP contribution in [0.25, 0.3) is 11.6 Å². The van der Waals surface area contributed by atoms with E-state index in [0.717, 1.165) is 6.07 Å². The van der Waals surface area contributed by atoms with Crippen LogP contribution in [-0.2, 0) is 26.9 Å². The number of nitrogens with two attached hydrogens (primary N) is 1. The molecule has 0 saturated carbocycles. The van der Waals surface area contributed by atoms with Crippen LogP contribution in [0.15, 0.2) is 66.7 Å². The van der Waals surface area contributed by atoms with E-state index in [0.29, 0.717) is 16.8 Å². The van der Waals surface area contributed by atoms with Crippen molar-refractivity contribution in [3.8, 4) is 11.5 Å². The molecule has 3 N–H and O–H groups in total. The Kier molecular flexibility index (Phi) is 6.61. The fraction of sp³-hybridized carbons (Fsp3) is 0.154. The molecule has 3 aromatic carbocycles. The van der Waals surface area contributed by atoms with Crippen LogP contribution in [0.5, 0.6) is 11.5 Å². The van der Waals surface area contributed by atoms with Crippen LogP contribution in [0.1, 0.15) is 22.3 Å². The lowest BCUT2D eigenvalue weighted by atomic mass is 10.0. The zero-order valence-electron chi connectivity index (χ0n) is 18.6. The minimum Gasteiger partial charge on any atom is -0.468 e. The highest BCUT2D eigenvalue weighted by atomic mass is 19.4. The van der Waals surface area contributed by atoms with Crippen LogP contribution in [-0.4, -0.2) is 25.0 Å². The molecule has 1 heterocycles. The molecule has 6 nitrogen and oxygen atoms in total. The van der Waals surface area contributed by atoms with Gasteiger partial charge in [0, 0.05) is 16.8 Å². The van der Waals surface area contributed by atoms with E-state index in [4.69, 9.17) is 10.5 Å². The summed E-state index contributed by atoms with van der Waals surface area (Å²) in [6.45, 7) is 0. The standard InChI is InChI=1S/C26H21F3N2O4/c1-34-25(33)21(30)14-15-6-9-17(10-7-15)35-23-11-8-16(13-20(23)26(27,28)29)12-19-18-4-2-3-5-22(18)31-24(19)32/h2-13,21H,14,30H2,1H3,(H,31,32)/b19-12+. The second-order valence-electron chi connectivity index (χ2n) is 7.89. The van der Waals surface area contributed by atoms with Gasteiger partial charge in [-0.05, 0) is 54.0 Å². The molecule has 1 unspecified atom stereocenters. The third-order valence-electron chi connectivity index (χ3n) is 5.44. The molecule has 1 aliphatic heterocycles. The number of rotatable bonds is 6. The second kappa shape index (κ2) is 9.63. The number of amides is 1. The van der Waals surface area contributed by atoms with Gasteiger partial charge >= 0.3 is 12.1 Å². The molecule has 3 aromatic rings. The van der Waals surface area contributed by atoms with Crippen molar-refractivity contribution in [2.45, 2.75) is 18.6 Å². The second-order valence-corrected chi connectivity index (χ2v) is 7.89. The molecule has 0 spiro atoms. The molecule has 4 rings (SSSR count). The molecule has 0 bridgehead atoms. The normalized spacial score (nSPS) is 14.9. The number of benzene rings is 3. The van der Waals surface area contributed by atoms with E-state index >= 15 is 0 Å². The number of fused-ring (bicyclic) bond motifs is 1. The van der Waals surface area contributed by atoms with E-state index < -0.39 is 23.8 Å². The van der Waals surface area contributed by atoms with Crippen LogP contribution in [0, 0.1) is 0 Å². The zero-order chi connectivity index (χ0) is 25.2. The first-order chi connectivity index (χ1) is 16.7. The van der Waals surface area contributed by atoms with Gasteiger partial charge in [0.05, 0.1) is 12.7 Å². The van der Waals surface area contributed by atoms with Crippen molar-refractivity contribution in [3.63, 3.8) is 0 Å². The molecule has 1 amide bonds. The van der Waals surface area contributed by atoms with Gasteiger partial charge < -0.3 is 20.5 Å². The van der Waals surface area contributed by atoms with Gasteiger partial charge in [-0.15, -0.1) is 0 Å². The van der Waals surface area contributed by atoms with Crippen molar-refractivity contribution < 1.29 is 32.2 Å². The van der Waals surface area contributed by atoms with Gasteiger partial charge in [0.15, 0.2) is 0 Å². The fourth-order valence-corrected chi connectivity index (χ4v) is 3.71. The number of anilines is 1. The summed E-state index contributed by atoms with van der Waals surface area (Å²) in [5.74, 6) is -1.14. The van der Waals surface area contributed by atoms with Gasteiger partial charge in [-0.2, -0.15) is 13.2 Å². The van der Waals surface area contributed by atoms with Gasteiger partial charge in [-0.1, -0.05) is 36.4 Å². The van der Waals surface area contributed by atoms with E-state index in [1.807, 2.05) is 0 Å². The minimum absolute atomic E-state index is 0.182. The van der Waals surface area contributed by atoms with Crippen molar-refractivity contribution in [1.82, 2.24) is 0 Å². The molecule has 1 aliphatic rings. The Bertz CT molecular complexity index is 1300. The molecule has 0 aromatic heterocycles. The lowest BCUT2D eigenvalue weighted by Gasteiger charge is -2.15. The summed E-state index contributed by atoms with van der Waals surface area (Å²) in [5, 5.41) is 2.69. The number of halogens is 3. The number of nitrogens with one attached hydrogen (secondary N) is 1. The molecule has 1 atom stereocenters. The van der Waals surface area contributed by atoms with Gasteiger partial charge in [0.2, 0.25) is 0 Å². The largest absolute Gasteiger partial charge is 0.468 e. The van der Waals surface area contributed by atoms with E-state index in [-0.39, 0.29) is 35.0 Å². The summed E-state index contributed by atoms with van der Waals surface area (Å²) in [5.41, 5.74) is 7.18.